The van der Waals surface area contributed by atoms with Gasteiger partial charge in [0.1, 0.15) is 5.75 Å². The van der Waals surface area contributed by atoms with Crippen molar-refractivity contribution in [2.24, 2.45) is 0 Å². The van der Waals surface area contributed by atoms with E-state index < -0.39 is 0 Å². The third-order valence-electron chi connectivity index (χ3n) is 3.49. The highest BCUT2D eigenvalue weighted by atomic mass is 79.9. The highest BCUT2D eigenvalue weighted by Crippen LogP contribution is 2.27. The van der Waals surface area contributed by atoms with Crippen LogP contribution in [0.4, 0.5) is 5.82 Å². The highest BCUT2D eigenvalue weighted by molar-refractivity contribution is 9.10. The van der Waals surface area contributed by atoms with Gasteiger partial charge in [-0.3, -0.25) is 0 Å². The Morgan fingerprint density at radius 3 is 2.70 bits per heavy atom. The van der Waals surface area contributed by atoms with E-state index in [2.05, 4.69) is 37.3 Å². The molecule has 2 aromatic rings. The number of hydrogen-bond acceptors (Lipinski definition) is 4. The fourth-order valence-electron chi connectivity index (χ4n) is 2.40. The largest absolute Gasteiger partial charge is 0.507 e. The Morgan fingerprint density at radius 2 is 2.00 bits per heavy atom. The number of aryl methyl sites for hydroxylation is 1. The summed E-state index contributed by atoms with van der Waals surface area (Å²) in [6.07, 6.45) is 0. The van der Waals surface area contributed by atoms with Crippen LogP contribution >= 0.6 is 15.9 Å². The number of anilines is 1. The Morgan fingerprint density at radius 1 is 1.25 bits per heavy atom. The van der Waals surface area contributed by atoms with Crippen molar-refractivity contribution in [2.75, 3.05) is 31.1 Å². The Balaban J connectivity index is 1.93. The molecular formula is C14H17BrN4O. The van der Waals surface area contributed by atoms with Crippen LogP contribution in [0.25, 0.3) is 5.69 Å². The van der Waals surface area contributed by atoms with Gasteiger partial charge in [-0.15, -0.1) is 0 Å². The minimum absolute atomic E-state index is 0.223. The Bertz CT molecular complexity index is 620. The first-order chi connectivity index (χ1) is 9.65. The maximum Gasteiger partial charge on any atom is 0.151 e. The van der Waals surface area contributed by atoms with E-state index in [0.717, 1.165) is 43.4 Å². The van der Waals surface area contributed by atoms with E-state index in [1.165, 1.54) is 0 Å². The third-order valence-corrected chi connectivity index (χ3v) is 4.16. The predicted octanol–water partition coefficient (Wildman–Crippen LogP) is 2.06. The maximum absolute atomic E-state index is 9.80. The summed E-state index contributed by atoms with van der Waals surface area (Å²) in [5.74, 6) is 1.22. The van der Waals surface area contributed by atoms with Gasteiger partial charge < -0.3 is 15.3 Å². The Kier molecular flexibility index (Phi) is 3.67. The summed E-state index contributed by atoms with van der Waals surface area (Å²) >= 11 is 3.29. The van der Waals surface area contributed by atoms with Crippen LogP contribution in [0.15, 0.2) is 28.7 Å². The van der Waals surface area contributed by atoms with Gasteiger partial charge >= 0.3 is 0 Å². The molecule has 1 aromatic heterocycles. The van der Waals surface area contributed by atoms with Crippen molar-refractivity contribution in [3.63, 3.8) is 0 Å². The van der Waals surface area contributed by atoms with E-state index in [4.69, 9.17) is 0 Å². The zero-order valence-corrected chi connectivity index (χ0v) is 12.9. The fraction of sp³-hybridized carbons (Fsp3) is 0.357. The molecule has 0 unspecified atom stereocenters. The molecule has 2 heterocycles. The summed E-state index contributed by atoms with van der Waals surface area (Å²) in [5, 5.41) is 17.8. The van der Waals surface area contributed by atoms with Crippen molar-refractivity contribution in [2.45, 2.75) is 6.92 Å². The van der Waals surface area contributed by atoms with Crippen molar-refractivity contribution in [1.29, 1.82) is 0 Å². The highest BCUT2D eigenvalue weighted by Gasteiger charge is 2.15. The first-order valence-electron chi connectivity index (χ1n) is 6.66. The molecule has 0 amide bonds. The van der Waals surface area contributed by atoms with E-state index in [9.17, 15) is 5.11 Å². The average molecular weight is 337 g/mol. The minimum Gasteiger partial charge on any atom is -0.507 e. The van der Waals surface area contributed by atoms with Crippen LogP contribution in [0.3, 0.4) is 0 Å². The van der Waals surface area contributed by atoms with Gasteiger partial charge in [-0.05, 0) is 35.0 Å². The molecule has 0 radical (unpaired) electrons. The second-order valence-electron chi connectivity index (χ2n) is 4.93. The van der Waals surface area contributed by atoms with Gasteiger partial charge in [-0.1, -0.05) is 0 Å². The second kappa shape index (κ2) is 5.46. The molecule has 0 saturated carbocycles. The molecule has 106 valence electrons. The summed E-state index contributed by atoms with van der Waals surface area (Å²) in [6, 6.07) is 7.57. The molecule has 1 aliphatic heterocycles. The van der Waals surface area contributed by atoms with Gasteiger partial charge in [0.2, 0.25) is 0 Å². The molecule has 0 atom stereocenters. The number of phenols is 1. The van der Waals surface area contributed by atoms with E-state index in [1.54, 1.807) is 6.07 Å². The number of nitrogens with one attached hydrogen (secondary N) is 1. The summed E-state index contributed by atoms with van der Waals surface area (Å²) in [6.45, 7) is 5.96. The van der Waals surface area contributed by atoms with Crippen molar-refractivity contribution in [3.05, 3.63) is 34.4 Å². The van der Waals surface area contributed by atoms with Crippen molar-refractivity contribution in [1.82, 2.24) is 15.1 Å². The summed E-state index contributed by atoms with van der Waals surface area (Å²) in [5.41, 5.74) is 1.92. The van der Waals surface area contributed by atoms with E-state index in [0.29, 0.717) is 4.47 Å². The number of benzene rings is 1. The number of aromatic nitrogens is 2. The lowest BCUT2D eigenvalue weighted by Gasteiger charge is -2.27. The van der Waals surface area contributed by atoms with Gasteiger partial charge in [-0.2, -0.15) is 5.10 Å². The third kappa shape index (κ3) is 2.53. The molecule has 0 bridgehead atoms. The Labute approximate surface area is 126 Å². The lowest BCUT2D eigenvalue weighted by atomic mass is 10.3. The number of hydrogen-bond donors (Lipinski definition) is 2. The van der Waals surface area contributed by atoms with Crippen LogP contribution in [0.5, 0.6) is 5.75 Å². The second-order valence-corrected chi connectivity index (χ2v) is 5.78. The smallest absolute Gasteiger partial charge is 0.151 e. The number of nitrogens with zero attached hydrogens (tertiary/aromatic N) is 3. The SMILES string of the molecule is Cc1cc(N2CCNCC2)nn1-c1ccc(Br)c(O)c1. The molecule has 20 heavy (non-hydrogen) atoms. The average Bonchev–Trinajstić information content (AvgIpc) is 2.85. The van der Waals surface area contributed by atoms with E-state index in [1.807, 2.05) is 23.7 Å². The van der Waals surface area contributed by atoms with E-state index >= 15 is 0 Å². The molecule has 2 N–H and O–H groups in total. The number of aromatic hydroxyl groups is 1. The lowest BCUT2D eigenvalue weighted by Crippen LogP contribution is -2.43. The van der Waals surface area contributed by atoms with Crippen molar-refractivity contribution < 1.29 is 5.11 Å². The van der Waals surface area contributed by atoms with Crippen LogP contribution < -0.4 is 10.2 Å². The van der Waals surface area contributed by atoms with Crippen LogP contribution in [0.2, 0.25) is 0 Å². The number of halogens is 1. The standard InChI is InChI=1S/C14H17BrN4O/c1-10-8-14(18-6-4-16-5-7-18)17-19(10)11-2-3-12(15)13(20)9-11/h2-3,8-9,16,20H,4-7H2,1H3. The maximum atomic E-state index is 9.80. The molecule has 0 spiro atoms. The predicted molar refractivity (Wildman–Crippen MR) is 82.7 cm³/mol. The van der Waals surface area contributed by atoms with Gasteiger partial charge in [0, 0.05) is 44.0 Å². The molecule has 5 nitrogen and oxygen atoms in total. The summed E-state index contributed by atoms with van der Waals surface area (Å²) in [4.78, 5) is 2.28. The fourth-order valence-corrected chi connectivity index (χ4v) is 2.65. The van der Waals surface area contributed by atoms with Crippen LogP contribution in [0.1, 0.15) is 5.69 Å². The monoisotopic (exact) mass is 336 g/mol. The topological polar surface area (TPSA) is 53.3 Å². The summed E-state index contributed by atoms with van der Waals surface area (Å²) in [7, 11) is 0. The quantitative estimate of drug-likeness (QED) is 0.881. The van der Waals surface area contributed by atoms with Gasteiger partial charge in [0.25, 0.3) is 0 Å². The molecular weight excluding hydrogens is 320 g/mol. The number of phenolic OH excluding ortho intramolecular Hbond substituents is 1. The molecule has 1 saturated heterocycles. The van der Waals surface area contributed by atoms with Gasteiger partial charge in [0.15, 0.2) is 5.82 Å². The molecule has 6 heteroatoms. The Hall–Kier alpha value is -1.53. The minimum atomic E-state index is 0.223. The van der Waals surface area contributed by atoms with Crippen molar-refractivity contribution >= 4 is 21.7 Å². The first-order valence-corrected chi connectivity index (χ1v) is 7.45. The first kappa shape index (κ1) is 13.5. The molecule has 1 aromatic carbocycles. The van der Waals surface area contributed by atoms with Gasteiger partial charge in [0.05, 0.1) is 10.2 Å². The van der Waals surface area contributed by atoms with E-state index in [-0.39, 0.29) is 5.75 Å². The zero-order valence-electron chi connectivity index (χ0n) is 11.3. The van der Waals surface area contributed by atoms with Crippen LogP contribution in [-0.4, -0.2) is 41.1 Å². The van der Waals surface area contributed by atoms with Crippen LogP contribution in [-0.2, 0) is 0 Å². The number of rotatable bonds is 2. The van der Waals surface area contributed by atoms with Gasteiger partial charge in [-0.25, -0.2) is 4.68 Å². The normalized spacial score (nSPS) is 15.6. The molecule has 3 rings (SSSR count). The zero-order chi connectivity index (χ0) is 14.1. The summed E-state index contributed by atoms with van der Waals surface area (Å²) < 4.78 is 2.55. The molecule has 1 fully saturated rings. The molecule has 1 aliphatic rings. The number of piperazine rings is 1. The van der Waals surface area contributed by atoms with Crippen molar-refractivity contribution in [3.8, 4) is 11.4 Å². The lowest BCUT2D eigenvalue weighted by molar-refractivity contribution is 0.471. The van der Waals surface area contributed by atoms with Crippen LogP contribution in [0, 0.1) is 6.92 Å². The molecule has 0 aliphatic carbocycles.